The van der Waals surface area contributed by atoms with Gasteiger partial charge < -0.3 is 20.1 Å². The molecule has 90 valence electrons. The molecule has 0 aliphatic rings. The monoisotopic (exact) mass is 253 g/mol. The van der Waals surface area contributed by atoms with Gasteiger partial charge in [-0.05, 0) is 0 Å². The maximum Gasteiger partial charge on any atom is 1.00 e. The van der Waals surface area contributed by atoms with E-state index in [0.29, 0.717) is 4.90 Å². The fourth-order valence-corrected chi connectivity index (χ4v) is 1.12. The van der Waals surface area contributed by atoms with Crippen LogP contribution >= 0.6 is 0 Å². The van der Waals surface area contributed by atoms with Crippen LogP contribution in [0.1, 0.15) is 0 Å². The smallest absolute Gasteiger partial charge is 0.548 e. The van der Waals surface area contributed by atoms with Gasteiger partial charge in [-0.25, -0.2) is 0 Å². The Balaban J connectivity index is 0. The average molecular weight is 253 g/mol. The van der Waals surface area contributed by atoms with Crippen molar-refractivity contribution in [2.75, 3.05) is 26.3 Å². The van der Waals surface area contributed by atoms with E-state index in [2.05, 4.69) is 0 Å². The van der Waals surface area contributed by atoms with Crippen LogP contribution in [0.5, 0.6) is 0 Å². The first-order chi connectivity index (χ1) is 6.84. The van der Waals surface area contributed by atoms with Crippen LogP contribution in [-0.4, -0.2) is 59.6 Å². The second kappa shape index (κ2) is 8.26. The van der Waals surface area contributed by atoms with Crippen molar-refractivity contribution < 1.29 is 62.8 Å². The summed E-state index contributed by atoms with van der Waals surface area (Å²) >= 11 is 0. The van der Waals surface area contributed by atoms with Crippen molar-refractivity contribution in [3.8, 4) is 0 Å². The number of aliphatic hydroxyl groups is 2. The largest absolute Gasteiger partial charge is 1.00 e. The van der Waals surface area contributed by atoms with Gasteiger partial charge in [-0.1, -0.05) is 0 Å². The summed E-state index contributed by atoms with van der Waals surface area (Å²) in [6.07, 6.45) is -5.00. The van der Waals surface area contributed by atoms with Crippen LogP contribution in [0.25, 0.3) is 0 Å². The van der Waals surface area contributed by atoms with Gasteiger partial charge in [0, 0.05) is 13.1 Å². The summed E-state index contributed by atoms with van der Waals surface area (Å²) in [6.45, 7) is -2.28. The Morgan fingerprint density at radius 1 is 1.25 bits per heavy atom. The van der Waals surface area contributed by atoms with Gasteiger partial charge in [0.05, 0.1) is 19.2 Å². The predicted molar refractivity (Wildman–Crippen MR) is 40.6 cm³/mol. The molecule has 0 aromatic rings. The van der Waals surface area contributed by atoms with E-state index in [1.165, 1.54) is 0 Å². The molecule has 0 aromatic heterocycles. The van der Waals surface area contributed by atoms with Gasteiger partial charge in [0.1, 0.15) is 6.04 Å². The summed E-state index contributed by atoms with van der Waals surface area (Å²) in [6, 6.07) is -2.81. The topological polar surface area (TPSA) is 83.8 Å². The number of rotatable bonds is 6. The summed E-state index contributed by atoms with van der Waals surface area (Å²) in [4.78, 5) is 10.7. The Kier molecular flexibility index (Phi) is 9.56. The zero-order valence-corrected chi connectivity index (χ0v) is 10.7. The second-order valence-electron chi connectivity index (χ2n) is 2.75. The number of halogens is 3. The van der Waals surface area contributed by atoms with Crippen LogP contribution in [0.2, 0.25) is 0 Å². The molecule has 1 unspecified atom stereocenters. The molecule has 0 fully saturated rings. The zero-order chi connectivity index (χ0) is 12.1. The molecule has 0 radical (unpaired) electrons. The van der Waals surface area contributed by atoms with Crippen molar-refractivity contribution in [3.05, 3.63) is 0 Å². The SMILES string of the molecule is O=C([O-])C(N(CCO)CCO)C(F)(F)F.[Na+]. The van der Waals surface area contributed by atoms with E-state index in [9.17, 15) is 23.1 Å². The van der Waals surface area contributed by atoms with Gasteiger partial charge in [-0.2, -0.15) is 13.2 Å². The predicted octanol–water partition coefficient (Wildman–Crippen LogP) is -5.04. The molecule has 0 aliphatic heterocycles. The van der Waals surface area contributed by atoms with Gasteiger partial charge in [0.15, 0.2) is 0 Å². The third-order valence-corrected chi connectivity index (χ3v) is 1.67. The molecule has 0 amide bonds. The average Bonchev–Trinajstić information content (AvgIpc) is 2.01. The summed E-state index contributed by atoms with van der Waals surface area (Å²) in [7, 11) is 0. The van der Waals surface area contributed by atoms with Crippen molar-refractivity contribution in [1.82, 2.24) is 4.90 Å². The van der Waals surface area contributed by atoms with E-state index in [-0.39, 0.29) is 29.6 Å². The van der Waals surface area contributed by atoms with Crippen molar-refractivity contribution in [3.63, 3.8) is 0 Å². The van der Waals surface area contributed by atoms with E-state index in [1.54, 1.807) is 0 Å². The first kappa shape index (κ1) is 18.5. The minimum Gasteiger partial charge on any atom is -0.548 e. The fraction of sp³-hybridized carbons (Fsp3) is 0.857. The summed E-state index contributed by atoms with van der Waals surface area (Å²) in [5.41, 5.74) is 0. The Hall–Kier alpha value is 0.140. The molecular weight excluding hydrogens is 242 g/mol. The van der Waals surface area contributed by atoms with Crippen molar-refractivity contribution in [2.45, 2.75) is 12.2 Å². The van der Waals surface area contributed by atoms with Crippen LogP contribution in [0.3, 0.4) is 0 Å². The molecule has 9 heteroatoms. The molecule has 0 aliphatic carbocycles. The second-order valence-corrected chi connectivity index (χ2v) is 2.75. The van der Waals surface area contributed by atoms with Crippen LogP contribution in [0.15, 0.2) is 0 Å². The molecular formula is C7H11F3NNaO4. The van der Waals surface area contributed by atoms with Gasteiger partial charge in [0.2, 0.25) is 0 Å². The Morgan fingerprint density at radius 3 is 1.81 bits per heavy atom. The van der Waals surface area contributed by atoms with E-state index < -0.39 is 44.5 Å². The van der Waals surface area contributed by atoms with E-state index >= 15 is 0 Å². The van der Waals surface area contributed by atoms with Crippen LogP contribution in [0, 0.1) is 0 Å². The van der Waals surface area contributed by atoms with E-state index in [0.717, 1.165) is 0 Å². The Bertz CT molecular complexity index is 208. The number of aliphatic hydroxyl groups excluding tert-OH is 2. The first-order valence-electron chi connectivity index (χ1n) is 4.08. The van der Waals surface area contributed by atoms with E-state index in [1.807, 2.05) is 0 Å². The third kappa shape index (κ3) is 6.02. The number of carboxylic acids is 1. The number of aliphatic carboxylic acids is 1. The molecule has 0 saturated heterocycles. The Morgan fingerprint density at radius 2 is 1.62 bits per heavy atom. The van der Waals surface area contributed by atoms with Crippen LogP contribution < -0.4 is 34.7 Å². The van der Waals surface area contributed by atoms with Crippen LogP contribution in [0.4, 0.5) is 13.2 Å². The molecule has 1 atom stereocenters. The van der Waals surface area contributed by atoms with Crippen molar-refractivity contribution in [2.24, 2.45) is 0 Å². The van der Waals surface area contributed by atoms with Gasteiger partial charge in [-0.15, -0.1) is 0 Å². The van der Waals surface area contributed by atoms with Gasteiger partial charge in [-0.3, -0.25) is 4.90 Å². The van der Waals surface area contributed by atoms with Crippen molar-refractivity contribution in [1.29, 1.82) is 0 Å². The quantitative estimate of drug-likeness (QED) is 0.463. The minimum atomic E-state index is -5.00. The maximum atomic E-state index is 12.2. The molecule has 16 heavy (non-hydrogen) atoms. The molecule has 0 saturated carbocycles. The first-order valence-corrected chi connectivity index (χ1v) is 4.08. The Labute approximate surface area is 112 Å². The minimum absolute atomic E-state index is 0. The standard InChI is InChI=1S/C7H12F3NO4.Na/c8-7(9,10)5(6(14)15)11(1-3-12)2-4-13;/h5,12-13H,1-4H2,(H,14,15);/q;+1/p-1. The summed E-state index contributed by atoms with van der Waals surface area (Å²) in [5.74, 6) is -2.30. The number of alkyl halides is 3. The van der Waals surface area contributed by atoms with Crippen molar-refractivity contribution >= 4 is 5.97 Å². The maximum absolute atomic E-state index is 12.2. The number of nitrogens with zero attached hydrogens (tertiary/aromatic N) is 1. The number of carboxylic acid groups (broad SMARTS) is 1. The number of hydrogen-bond donors (Lipinski definition) is 2. The zero-order valence-electron chi connectivity index (χ0n) is 8.70. The van der Waals surface area contributed by atoms with E-state index in [4.69, 9.17) is 10.2 Å². The molecule has 0 aromatic carbocycles. The normalized spacial score (nSPS) is 13.4. The molecule has 2 N–H and O–H groups in total. The fourth-order valence-electron chi connectivity index (χ4n) is 1.12. The molecule has 0 bridgehead atoms. The van der Waals surface area contributed by atoms with Gasteiger partial charge in [0.25, 0.3) is 0 Å². The number of hydrogen-bond acceptors (Lipinski definition) is 5. The van der Waals surface area contributed by atoms with Crippen LogP contribution in [-0.2, 0) is 4.79 Å². The molecule has 0 spiro atoms. The molecule has 0 rings (SSSR count). The number of carbonyl (C=O) groups excluding carboxylic acids is 1. The molecule has 5 nitrogen and oxygen atoms in total. The van der Waals surface area contributed by atoms with Gasteiger partial charge >= 0.3 is 35.7 Å². The third-order valence-electron chi connectivity index (χ3n) is 1.67. The number of carbonyl (C=O) groups is 1. The summed E-state index contributed by atoms with van der Waals surface area (Å²) in [5, 5.41) is 27.2. The summed E-state index contributed by atoms with van der Waals surface area (Å²) < 4.78 is 36.7. The molecule has 0 heterocycles.